The van der Waals surface area contributed by atoms with Crippen LogP contribution in [-0.4, -0.2) is 30.7 Å². The van der Waals surface area contributed by atoms with Gasteiger partial charge in [0.25, 0.3) is 5.91 Å². The Bertz CT molecular complexity index is 449. The minimum Gasteiger partial charge on any atom is -0.320 e. The van der Waals surface area contributed by atoms with Gasteiger partial charge in [-0.1, -0.05) is 18.2 Å². The Morgan fingerprint density at radius 1 is 1.33 bits per heavy atom. The van der Waals surface area contributed by atoms with Crippen LogP contribution < -0.4 is 5.32 Å². The molecule has 0 saturated heterocycles. The van der Waals surface area contributed by atoms with Crippen LogP contribution in [0, 0.1) is 6.92 Å². The van der Waals surface area contributed by atoms with Crippen LogP contribution in [-0.2, 0) is 4.79 Å². The summed E-state index contributed by atoms with van der Waals surface area (Å²) >= 11 is 0. The number of para-hydroxylation sites is 1. The SMILES string of the molecule is Cc1cccc2c1NC(=O)/C2=N\N(C)C. The lowest BCUT2D eigenvalue weighted by molar-refractivity contribution is -0.110. The molecule has 2 rings (SSSR count). The molecule has 0 saturated carbocycles. The molecule has 1 aliphatic rings. The Balaban J connectivity index is 2.56. The summed E-state index contributed by atoms with van der Waals surface area (Å²) in [5, 5.41) is 8.63. The van der Waals surface area contributed by atoms with Crippen molar-refractivity contribution in [3.05, 3.63) is 29.3 Å². The van der Waals surface area contributed by atoms with Crippen molar-refractivity contribution in [2.24, 2.45) is 5.10 Å². The largest absolute Gasteiger partial charge is 0.320 e. The molecule has 0 fully saturated rings. The Hall–Kier alpha value is -1.84. The van der Waals surface area contributed by atoms with Crippen molar-refractivity contribution in [3.8, 4) is 0 Å². The molecule has 0 unspecified atom stereocenters. The van der Waals surface area contributed by atoms with Gasteiger partial charge in [0, 0.05) is 19.7 Å². The molecule has 1 N–H and O–H groups in total. The number of anilines is 1. The molecule has 0 spiro atoms. The van der Waals surface area contributed by atoms with E-state index in [0.717, 1.165) is 16.8 Å². The quantitative estimate of drug-likeness (QED) is 0.697. The first-order valence-corrected chi connectivity index (χ1v) is 4.77. The van der Waals surface area contributed by atoms with Gasteiger partial charge in [0.15, 0.2) is 5.71 Å². The highest BCUT2D eigenvalue weighted by atomic mass is 16.2. The molecule has 0 aliphatic carbocycles. The van der Waals surface area contributed by atoms with E-state index in [9.17, 15) is 4.79 Å². The van der Waals surface area contributed by atoms with Crippen LogP contribution in [0.3, 0.4) is 0 Å². The monoisotopic (exact) mass is 203 g/mol. The maximum absolute atomic E-state index is 11.7. The normalized spacial score (nSPS) is 16.5. The Kier molecular flexibility index (Phi) is 2.19. The minimum absolute atomic E-state index is 0.131. The van der Waals surface area contributed by atoms with Gasteiger partial charge in [-0.25, -0.2) is 0 Å². The second-order valence-corrected chi connectivity index (χ2v) is 3.75. The van der Waals surface area contributed by atoms with Crippen LogP contribution >= 0.6 is 0 Å². The van der Waals surface area contributed by atoms with E-state index in [1.54, 1.807) is 19.1 Å². The van der Waals surface area contributed by atoms with E-state index < -0.39 is 0 Å². The highest BCUT2D eigenvalue weighted by Gasteiger charge is 2.27. The third kappa shape index (κ3) is 1.58. The second kappa shape index (κ2) is 3.38. The summed E-state index contributed by atoms with van der Waals surface area (Å²) in [4.78, 5) is 11.7. The number of hydrogen-bond donors (Lipinski definition) is 1. The molecule has 1 heterocycles. The van der Waals surface area contributed by atoms with E-state index in [1.165, 1.54) is 0 Å². The molecule has 0 aromatic heterocycles. The molecule has 1 aromatic rings. The van der Waals surface area contributed by atoms with Crippen molar-refractivity contribution in [2.45, 2.75) is 6.92 Å². The summed E-state index contributed by atoms with van der Waals surface area (Å²) in [5.41, 5.74) is 3.31. The molecule has 0 radical (unpaired) electrons. The summed E-state index contributed by atoms with van der Waals surface area (Å²) in [6.45, 7) is 1.97. The van der Waals surface area contributed by atoms with Gasteiger partial charge < -0.3 is 10.3 Å². The lowest BCUT2D eigenvalue weighted by atomic mass is 10.1. The van der Waals surface area contributed by atoms with Gasteiger partial charge in [0.1, 0.15) is 0 Å². The average Bonchev–Trinajstić information content (AvgIpc) is 2.45. The standard InChI is InChI=1S/C11H13N3O/c1-7-5-4-6-8-9(7)12-11(15)10(8)13-14(2)3/h4-6H,1-3H3,(H,12,13,15). The number of benzene rings is 1. The van der Waals surface area contributed by atoms with Crippen molar-refractivity contribution in [1.29, 1.82) is 0 Å². The summed E-state index contributed by atoms with van der Waals surface area (Å²) in [6.07, 6.45) is 0. The van der Waals surface area contributed by atoms with Crippen molar-refractivity contribution in [2.75, 3.05) is 19.4 Å². The molecule has 4 heteroatoms. The van der Waals surface area contributed by atoms with E-state index >= 15 is 0 Å². The van der Waals surface area contributed by atoms with Crippen LogP contribution in [0.25, 0.3) is 0 Å². The molecule has 4 nitrogen and oxygen atoms in total. The predicted octanol–water partition coefficient (Wildman–Crippen LogP) is 1.21. The van der Waals surface area contributed by atoms with E-state index in [0.29, 0.717) is 5.71 Å². The molecule has 1 amide bonds. The van der Waals surface area contributed by atoms with E-state index in [-0.39, 0.29) is 5.91 Å². The molecular formula is C11H13N3O. The number of carbonyl (C=O) groups is 1. The Morgan fingerprint density at radius 3 is 2.73 bits per heavy atom. The molecule has 78 valence electrons. The summed E-state index contributed by atoms with van der Waals surface area (Å²) in [7, 11) is 3.60. The number of amides is 1. The van der Waals surface area contributed by atoms with E-state index in [4.69, 9.17) is 0 Å². The molecular weight excluding hydrogens is 190 g/mol. The van der Waals surface area contributed by atoms with Crippen molar-refractivity contribution in [3.63, 3.8) is 0 Å². The fourth-order valence-electron chi connectivity index (χ4n) is 1.63. The number of aryl methyl sites for hydroxylation is 1. The van der Waals surface area contributed by atoms with Crippen molar-refractivity contribution < 1.29 is 4.79 Å². The number of nitrogens with zero attached hydrogens (tertiary/aromatic N) is 2. The van der Waals surface area contributed by atoms with Gasteiger partial charge in [-0.15, -0.1) is 0 Å². The predicted molar refractivity (Wildman–Crippen MR) is 60.0 cm³/mol. The van der Waals surface area contributed by atoms with Crippen LogP contribution in [0.1, 0.15) is 11.1 Å². The van der Waals surface area contributed by atoms with Crippen LogP contribution in [0.15, 0.2) is 23.3 Å². The van der Waals surface area contributed by atoms with Crippen LogP contribution in [0.5, 0.6) is 0 Å². The third-order valence-corrected chi connectivity index (χ3v) is 2.28. The summed E-state index contributed by atoms with van der Waals surface area (Å²) in [5.74, 6) is -0.131. The molecule has 0 atom stereocenters. The van der Waals surface area contributed by atoms with Gasteiger partial charge in [-0.3, -0.25) is 4.79 Å². The topological polar surface area (TPSA) is 44.7 Å². The first kappa shape index (κ1) is 9.71. The number of rotatable bonds is 1. The smallest absolute Gasteiger partial charge is 0.276 e. The van der Waals surface area contributed by atoms with E-state index in [1.807, 2.05) is 25.1 Å². The molecule has 1 aliphatic heterocycles. The summed E-state index contributed by atoms with van der Waals surface area (Å²) < 4.78 is 0. The molecule has 15 heavy (non-hydrogen) atoms. The van der Waals surface area contributed by atoms with Crippen LogP contribution in [0.2, 0.25) is 0 Å². The van der Waals surface area contributed by atoms with Gasteiger partial charge in [-0.2, -0.15) is 5.10 Å². The highest BCUT2D eigenvalue weighted by Crippen LogP contribution is 2.26. The van der Waals surface area contributed by atoms with Gasteiger partial charge in [0.2, 0.25) is 0 Å². The fourth-order valence-corrected chi connectivity index (χ4v) is 1.63. The fraction of sp³-hybridized carbons (Fsp3) is 0.273. The maximum Gasteiger partial charge on any atom is 0.276 e. The van der Waals surface area contributed by atoms with Gasteiger partial charge >= 0.3 is 0 Å². The third-order valence-electron chi connectivity index (χ3n) is 2.28. The van der Waals surface area contributed by atoms with Crippen LogP contribution in [0.4, 0.5) is 5.69 Å². The van der Waals surface area contributed by atoms with Crippen molar-refractivity contribution >= 4 is 17.3 Å². The number of nitrogens with one attached hydrogen (secondary N) is 1. The molecule has 0 bridgehead atoms. The zero-order valence-corrected chi connectivity index (χ0v) is 9.03. The Morgan fingerprint density at radius 2 is 2.07 bits per heavy atom. The van der Waals surface area contributed by atoms with Crippen molar-refractivity contribution in [1.82, 2.24) is 5.01 Å². The number of carbonyl (C=O) groups excluding carboxylic acids is 1. The lowest BCUT2D eigenvalue weighted by Gasteiger charge is -2.05. The zero-order chi connectivity index (χ0) is 11.0. The van der Waals surface area contributed by atoms with Gasteiger partial charge in [-0.05, 0) is 12.5 Å². The highest BCUT2D eigenvalue weighted by molar-refractivity contribution is 6.53. The summed E-state index contributed by atoms with van der Waals surface area (Å²) in [6, 6.07) is 5.81. The zero-order valence-electron chi connectivity index (χ0n) is 9.03. The minimum atomic E-state index is -0.131. The second-order valence-electron chi connectivity index (χ2n) is 3.75. The first-order valence-electron chi connectivity index (χ1n) is 4.77. The maximum atomic E-state index is 11.7. The number of hydrogen-bond acceptors (Lipinski definition) is 3. The first-order chi connectivity index (χ1) is 7.09. The van der Waals surface area contributed by atoms with E-state index in [2.05, 4.69) is 10.4 Å². The average molecular weight is 203 g/mol. The Labute approximate surface area is 88.6 Å². The molecule has 1 aromatic carbocycles. The van der Waals surface area contributed by atoms with Gasteiger partial charge in [0.05, 0.1) is 5.69 Å². The number of fused-ring (bicyclic) bond motifs is 1. The lowest BCUT2D eigenvalue weighted by Crippen LogP contribution is -2.18. The number of hydrazone groups is 1.